The van der Waals surface area contributed by atoms with Crippen LogP contribution in [0.1, 0.15) is 50.0 Å². The number of aromatic nitrogens is 4. The van der Waals surface area contributed by atoms with Gasteiger partial charge in [-0.05, 0) is 74.3 Å². The third-order valence-corrected chi connectivity index (χ3v) is 8.03. The summed E-state index contributed by atoms with van der Waals surface area (Å²) in [6, 6.07) is 5.73. The average molecular weight is 435 g/mol. The van der Waals surface area contributed by atoms with Gasteiger partial charge in [-0.3, -0.25) is 14.8 Å². The molecule has 0 radical (unpaired) electrons. The molecule has 4 aliphatic carbocycles. The predicted octanol–water partition coefficient (Wildman–Crippen LogP) is 4.27. The van der Waals surface area contributed by atoms with Crippen LogP contribution in [0, 0.1) is 34.3 Å². The lowest BCUT2D eigenvalue weighted by Gasteiger charge is -2.61. The molecule has 0 saturated heterocycles. The fraction of sp³-hybridized carbons (Fsp3) is 0.522. The topological polar surface area (TPSA) is 126 Å². The number of benzene rings is 1. The maximum absolute atomic E-state index is 11.2. The summed E-state index contributed by atoms with van der Waals surface area (Å²) in [6.07, 6.45) is 10.3. The SMILES string of the molecule is Cc1c(N)cccc1-c1noc(CC23CC4CC(C2)CC(n2cc([N+](=O)[O-])cn2)(C4)C3)n1. The summed E-state index contributed by atoms with van der Waals surface area (Å²) in [7, 11) is 0. The van der Waals surface area contributed by atoms with Crippen molar-refractivity contribution in [1.82, 2.24) is 19.9 Å². The molecule has 9 nitrogen and oxygen atoms in total. The van der Waals surface area contributed by atoms with Crippen LogP contribution in [0.2, 0.25) is 0 Å². The van der Waals surface area contributed by atoms with Crippen molar-refractivity contribution in [1.29, 1.82) is 0 Å². The van der Waals surface area contributed by atoms with E-state index in [1.165, 1.54) is 12.6 Å². The van der Waals surface area contributed by atoms with E-state index < -0.39 is 0 Å². The van der Waals surface area contributed by atoms with Crippen LogP contribution >= 0.6 is 0 Å². The van der Waals surface area contributed by atoms with Gasteiger partial charge in [0.25, 0.3) is 0 Å². The van der Waals surface area contributed by atoms with E-state index >= 15 is 0 Å². The van der Waals surface area contributed by atoms with Gasteiger partial charge in [0.1, 0.15) is 12.4 Å². The Balaban J connectivity index is 1.31. The molecule has 7 rings (SSSR count). The van der Waals surface area contributed by atoms with Crippen molar-refractivity contribution in [3.8, 4) is 11.4 Å². The molecule has 2 aromatic heterocycles. The molecule has 9 heteroatoms. The van der Waals surface area contributed by atoms with E-state index in [9.17, 15) is 10.1 Å². The molecular formula is C23H26N6O3. The van der Waals surface area contributed by atoms with E-state index in [0.717, 1.165) is 49.7 Å². The quantitative estimate of drug-likeness (QED) is 0.361. The molecule has 1 aromatic carbocycles. The van der Waals surface area contributed by atoms with Gasteiger partial charge >= 0.3 is 5.69 Å². The Morgan fingerprint density at radius 2 is 2.06 bits per heavy atom. The molecule has 0 amide bonds. The van der Waals surface area contributed by atoms with Crippen LogP contribution in [-0.2, 0) is 12.0 Å². The predicted molar refractivity (Wildman–Crippen MR) is 117 cm³/mol. The van der Waals surface area contributed by atoms with Gasteiger partial charge in [0, 0.05) is 17.7 Å². The third-order valence-electron chi connectivity index (χ3n) is 8.03. The number of nitro groups is 1. The molecule has 4 saturated carbocycles. The van der Waals surface area contributed by atoms with Gasteiger partial charge in [-0.25, -0.2) is 0 Å². The molecular weight excluding hydrogens is 408 g/mol. The highest BCUT2D eigenvalue weighted by Crippen LogP contribution is 2.65. The van der Waals surface area contributed by atoms with Crippen molar-refractivity contribution < 1.29 is 9.45 Å². The van der Waals surface area contributed by atoms with E-state index in [1.807, 2.05) is 29.8 Å². The number of nitrogens with two attached hydrogens (primary N) is 1. The molecule has 2 heterocycles. The van der Waals surface area contributed by atoms with Crippen LogP contribution in [0.5, 0.6) is 0 Å². The molecule has 4 bridgehead atoms. The van der Waals surface area contributed by atoms with E-state index in [-0.39, 0.29) is 21.6 Å². The summed E-state index contributed by atoms with van der Waals surface area (Å²) in [5.41, 5.74) is 8.60. The van der Waals surface area contributed by atoms with E-state index in [2.05, 4.69) is 10.3 Å². The second-order valence-corrected chi connectivity index (χ2v) is 10.3. The lowest BCUT2D eigenvalue weighted by molar-refractivity contribution is -0.385. The number of anilines is 1. The lowest BCUT2D eigenvalue weighted by Crippen LogP contribution is -2.57. The van der Waals surface area contributed by atoms with Crippen molar-refractivity contribution in [2.24, 2.45) is 17.3 Å². The summed E-state index contributed by atoms with van der Waals surface area (Å²) < 4.78 is 7.61. The number of hydrogen-bond acceptors (Lipinski definition) is 7. The second kappa shape index (κ2) is 6.63. The highest BCUT2D eigenvalue weighted by atomic mass is 16.6. The number of hydrogen-bond donors (Lipinski definition) is 1. The van der Waals surface area contributed by atoms with Crippen LogP contribution in [0.25, 0.3) is 11.4 Å². The van der Waals surface area contributed by atoms with Crippen LogP contribution in [-0.4, -0.2) is 24.8 Å². The summed E-state index contributed by atoms with van der Waals surface area (Å²) in [5, 5.41) is 19.9. The summed E-state index contributed by atoms with van der Waals surface area (Å²) >= 11 is 0. The van der Waals surface area contributed by atoms with Crippen molar-refractivity contribution >= 4 is 11.4 Å². The summed E-state index contributed by atoms with van der Waals surface area (Å²) in [4.78, 5) is 15.6. The molecule has 166 valence electrons. The highest BCUT2D eigenvalue weighted by molar-refractivity contribution is 5.67. The highest BCUT2D eigenvalue weighted by Gasteiger charge is 2.59. The fourth-order valence-electron chi connectivity index (χ4n) is 7.20. The van der Waals surface area contributed by atoms with Crippen LogP contribution in [0.15, 0.2) is 35.1 Å². The standard InChI is InChI=1S/C23H26N6O3/c1-14-18(3-2-4-19(14)24)21-26-20(32-27-21)10-22-6-15-5-16(7-22)9-23(8-15,13-22)28-12-17(11-25-28)29(30)31/h2-4,11-12,15-16H,5-10,13,24H2,1H3. The maximum Gasteiger partial charge on any atom is 0.307 e. The normalized spacial score (nSPS) is 30.7. The molecule has 3 aromatic rings. The summed E-state index contributed by atoms with van der Waals surface area (Å²) in [5.74, 6) is 2.45. The first-order chi connectivity index (χ1) is 15.3. The van der Waals surface area contributed by atoms with Crippen LogP contribution in [0.4, 0.5) is 11.4 Å². The van der Waals surface area contributed by atoms with E-state index in [0.29, 0.717) is 29.2 Å². The van der Waals surface area contributed by atoms with Crippen molar-refractivity contribution in [3.05, 3.63) is 52.2 Å². The number of nitrogen functional groups attached to an aromatic ring is 1. The minimum absolute atomic E-state index is 0.0637. The first-order valence-electron chi connectivity index (χ1n) is 11.2. The van der Waals surface area contributed by atoms with Crippen molar-refractivity contribution in [3.63, 3.8) is 0 Å². The fourth-order valence-corrected chi connectivity index (χ4v) is 7.20. The Morgan fingerprint density at radius 3 is 2.78 bits per heavy atom. The molecule has 4 fully saturated rings. The Bertz CT molecular complexity index is 1200. The Kier molecular flexibility index (Phi) is 4.03. The van der Waals surface area contributed by atoms with Crippen LogP contribution in [0.3, 0.4) is 0 Å². The molecule has 2 atom stereocenters. The molecule has 0 aliphatic heterocycles. The van der Waals surface area contributed by atoms with Gasteiger partial charge in [-0.2, -0.15) is 10.1 Å². The third kappa shape index (κ3) is 2.94. The molecule has 32 heavy (non-hydrogen) atoms. The zero-order valence-electron chi connectivity index (χ0n) is 18.0. The number of nitrogens with zero attached hydrogens (tertiary/aromatic N) is 5. The minimum atomic E-state index is -0.363. The van der Waals surface area contributed by atoms with Crippen LogP contribution < -0.4 is 5.73 Å². The number of rotatable bonds is 5. The Labute approximate surface area is 185 Å². The van der Waals surface area contributed by atoms with Gasteiger partial charge in [-0.15, -0.1) is 0 Å². The van der Waals surface area contributed by atoms with E-state index in [4.69, 9.17) is 15.2 Å². The van der Waals surface area contributed by atoms with Gasteiger partial charge < -0.3 is 10.3 Å². The average Bonchev–Trinajstić information content (AvgIpc) is 3.39. The molecule has 4 aliphatic rings. The van der Waals surface area contributed by atoms with Gasteiger partial charge in [0.2, 0.25) is 11.7 Å². The Hall–Kier alpha value is -3.23. The summed E-state index contributed by atoms with van der Waals surface area (Å²) in [6.45, 7) is 1.97. The molecule has 2 unspecified atom stereocenters. The first-order valence-corrected chi connectivity index (χ1v) is 11.2. The second-order valence-electron chi connectivity index (χ2n) is 10.3. The van der Waals surface area contributed by atoms with Gasteiger partial charge in [-0.1, -0.05) is 17.3 Å². The smallest absolute Gasteiger partial charge is 0.307 e. The van der Waals surface area contributed by atoms with Gasteiger partial charge in [0.05, 0.1) is 10.5 Å². The monoisotopic (exact) mass is 434 g/mol. The zero-order valence-corrected chi connectivity index (χ0v) is 18.0. The minimum Gasteiger partial charge on any atom is -0.398 e. The molecule has 0 spiro atoms. The largest absolute Gasteiger partial charge is 0.398 e. The maximum atomic E-state index is 11.2. The molecule has 2 N–H and O–H groups in total. The van der Waals surface area contributed by atoms with E-state index in [1.54, 1.807) is 6.20 Å². The zero-order chi connectivity index (χ0) is 22.1. The van der Waals surface area contributed by atoms with Crippen molar-refractivity contribution in [2.75, 3.05) is 5.73 Å². The lowest BCUT2D eigenvalue weighted by atomic mass is 9.46. The first kappa shape index (κ1) is 19.5. The van der Waals surface area contributed by atoms with Gasteiger partial charge in [0.15, 0.2) is 0 Å². The van der Waals surface area contributed by atoms with Crippen molar-refractivity contribution in [2.45, 2.75) is 57.4 Å². The Morgan fingerprint density at radius 1 is 1.28 bits per heavy atom.